The standard InChI is InChI=1S/C13H17N3O2/c1-2-18-13-14-8-10-11(17)4-3-7-16(9-5-6-9)12(10)15-13/h8-9H,2-7H2,1H3. The molecule has 96 valence electrons. The van der Waals surface area contributed by atoms with Crippen LogP contribution in [0.1, 0.15) is 43.0 Å². The predicted molar refractivity (Wildman–Crippen MR) is 67.1 cm³/mol. The molecule has 5 heteroatoms. The highest BCUT2D eigenvalue weighted by molar-refractivity contribution is 6.01. The molecule has 0 bridgehead atoms. The van der Waals surface area contributed by atoms with Crippen LogP contribution < -0.4 is 9.64 Å². The fourth-order valence-electron chi connectivity index (χ4n) is 2.36. The minimum Gasteiger partial charge on any atom is -0.464 e. The van der Waals surface area contributed by atoms with Gasteiger partial charge in [0.05, 0.1) is 12.2 Å². The predicted octanol–water partition coefficient (Wildman–Crippen LogP) is 1.82. The Morgan fingerprint density at radius 1 is 1.50 bits per heavy atom. The van der Waals surface area contributed by atoms with Gasteiger partial charge in [-0.05, 0) is 26.2 Å². The van der Waals surface area contributed by atoms with Crippen LogP contribution in [-0.2, 0) is 0 Å². The van der Waals surface area contributed by atoms with Crippen LogP contribution in [0.4, 0.5) is 5.82 Å². The average Bonchev–Trinajstić information content (AvgIpc) is 3.18. The topological polar surface area (TPSA) is 55.3 Å². The first-order chi connectivity index (χ1) is 8.79. The van der Waals surface area contributed by atoms with Crippen LogP contribution in [0.15, 0.2) is 6.20 Å². The van der Waals surface area contributed by atoms with Crippen LogP contribution in [0, 0.1) is 0 Å². The normalized spacial score (nSPS) is 19.4. The zero-order chi connectivity index (χ0) is 12.5. The molecule has 1 aliphatic heterocycles. The minimum atomic E-state index is 0.149. The number of aromatic nitrogens is 2. The summed E-state index contributed by atoms with van der Waals surface area (Å²) in [5.74, 6) is 0.926. The van der Waals surface area contributed by atoms with Crippen molar-refractivity contribution < 1.29 is 9.53 Å². The van der Waals surface area contributed by atoms with Crippen LogP contribution in [0.2, 0.25) is 0 Å². The molecule has 0 N–H and O–H groups in total. The van der Waals surface area contributed by atoms with Crippen LogP contribution >= 0.6 is 0 Å². The number of Topliss-reactive ketones (excluding diaryl/α,β-unsaturated/α-hetero) is 1. The number of rotatable bonds is 3. The van der Waals surface area contributed by atoms with E-state index in [1.54, 1.807) is 6.20 Å². The number of hydrogen-bond donors (Lipinski definition) is 0. The summed E-state index contributed by atoms with van der Waals surface area (Å²) in [6.45, 7) is 3.35. The van der Waals surface area contributed by atoms with Crippen molar-refractivity contribution in [3.05, 3.63) is 11.8 Å². The number of anilines is 1. The molecule has 0 radical (unpaired) electrons. The van der Waals surface area contributed by atoms with Crippen molar-refractivity contribution in [3.63, 3.8) is 0 Å². The first-order valence-corrected chi connectivity index (χ1v) is 6.59. The Balaban J connectivity index is 2.01. The van der Waals surface area contributed by atoms with Crippen molar-refractivity contribution in [2.75, 3.05) is 18.1 Å². The zero-order valence-corrected chi connectivity index (χ0v) is 10.6. The molecule has 0 aromatic carbocycles. The minimum absolute atomic E-state index is 0.149. The summed E-state index contributed by atoms with van der Waals surface area (Å²) in [6, 6.07) is 0.927. The maximum Gasteiger partial charge on any atom is 0.318 e. The number of fused-ring (bicyclic) bond motifs is 1. The van der Waals surface area contributed by atoms with Gasteiger partial charge in [0.1, 0.15) is 5.82 Å². The Bertz CT molecular complexity index is 471. The second kappa shape index (κ2) is 4.55. The van der Waals surface area contributed by atoms with E-state index in [1.165, 1.54) is 12.8 Å². The van der Waals surface area contributed by atoms with E-state index in [0.717, 1.165) is 18.8 Å². The molecule has 1 saturated carbocycles. The molecule has 1 aliphatic carbocycles. The van der Waals surface area contributed by atoms with Gasteiger partial charge in [-0.15, -0.1) is 0 Å². The van der Waals surface area contributed by atoms with Gasteiger partial charge in [-0.3, -0.25) is 4.79 Å². The molecular formula is C13H17N3O2. The van der Waals surface area contributed by atoms with Crippen molar-refractivity contribution in [1.29, 1.82) is 0 Å². The number of ketones is 1. The first-order valence-electron chi connectivity index (χ1n) is 6.59. The summed E-state index contributed by atoms with van der Waals surface area (Å²) in [4.78, 5) is 22.8. The molecule has 0 spiro atoms. The molecule has 1 fully saturated rings. The van der Waals surface area contributed by atoms with Gasteiger partial charge in [0.25, 0.3) is 0 Å². The fourth-order valence-corrected chi connectivity index (χ4v) is 2.36. The van der Waals surface area contributed by atoms with Gasteiger partial charge in [-0.25, -0.2) is 4.98 Å². The third kappa shape index (κ3) is 2.05. The molecule has 5 nitrogen and oxygen atoms in total. The molecule has 2 aliphatic rings. The van der Waals surface area contributed by atoms with E-state index < -0.39 is 0 Å². The maximum atomic E-state index is 12.0. The van der Waals surface area contributed by atoms with E-state index in [-0.39, 0.29) is 5.78 Å². The van der Waals surface area contributed by atoms with Gasteiger partial charge >= 0.3 is 6.01 Å². The third-order valence-electron chi connectivity index (χ3n) is 3.38. The van der Waals surface area contributed by atoms with Gasteiger partial charge < -0.3 is 9.64 Å². The Morgan fingerprint density at radius 3 is 3.06 bits per heavy atom. The Labute approximate surface area is 106 Å². The van der Waals surface area contributed by atoms with Crippen molar-refractivity contribution in [1.82, 2.24) is 9.97 Å². The van der Waals surface area contributed by atoms with E-state index in [4.69, 9.17) is 4.74 Å². The van der Waals surface area contributed by atoms with Crippen molar-refractivity contribution in [3.8, 4) is 6.01 Å². The first kappa shape index (κ1) is 11.4. The molecule has 1 aromatic rings. The summed E-state index contributed by atoms with van der Waals surface area (Å²) >= 11 is 0. The van der Waals surface area contributed by atoms with Crippen LogP contribution in [0.3, 0.4) is 0 Å². The average molecular weight is 247 g/mol. The van der Waals surface area contributed by atoms with E-state index in [1.807, 2.05) is 6.92 Å². The number of nitrogens with zero attached hydrogens (tertiary/aromatic N) is 3. The Hall–Kier alpha value is -1.65. The molecule has 0 atom stereocenters. The smallest absolute Gasteiger partial charge is 0.318 e. The Morgan fingerprint density at radius 2 is 2.33 bits per heavy atom. The van der Waals surface area contributed by atoms with E-state index in [0.29, 0.717) is 30.6 Å². The van der Waals surface area contributed by atoms with Crippen LogP contribution in [0.25, 0.3) is 0 Å². The zero-order valence-electron chi connectivity index (χ0n) is 10.6. The summed E-state index contributed by atoms with van der Waals surface area (Å²) < 4.78 is 5.34. The molecule has 18 heavy (non-hydrogen) atoms. The van der Waals surface area contributed by atoms with Crippen molar-refractivity contribution in [2.45, 2.75) is 38.6 Å². The summed E-state index contributed by atoms with van der Waals surface area (Å²) in [7, 11) is 0. The number of carbonyl (C=O) groups is 1. The maximum absolute atomic E-state index is 12.0. The van der Waals surface area contributed by atoms with Gasteiger partial charge in [0.2, 0.25) is 0 Å². The second-order valence-electron chi connectivity index (χ2n) is 4.77. The molecule has 1 aromatic heterocycles. The lowest BCUT2D eigenvalue weighted by atomic mass is 10.1. The van der Waals surface area contributed by atoms with Crippen LogP contribution in [-0.4, -0.2) is 34.9 Å². The van der Waals surface area contributed by atoms with E-state index in [9.17, 15) is 4.79 Å². The number of carbonyl (C=O) groups excluding carboxylic acids is 1. The highest BCUT2D eigenvalue weighted by atomic mass is 16.5. The SMILES string of the molecule is CCOc1ncc2c(n1)N(C1CC1)CCCC2=O. The quantitative estimate of drug-likeness (QED) is 0.815. The fraction of sp³-hybridized carbons (Fsp3) is 0.615. The van der Waals surface area contributed by atoms with Gasteiger partial charge in [-0.1, -0.05) is 0 Å². The molecule has 0 amide bonds. The highest BCUT2D eigenvalue weighted by Gasteiger charge is 2.34. The van der Waals surface area contributed by atoms with E-state index in [2.05, 4.69) is 14.9 Å². The molecule has 0 saturated heterocycles. The largest absolute Gasteiger partial charge is 0.464 e. The third-order valence-corrected chi connectivity index (χ3v) is 3.38. The highest BCUT2D eigenvalue weighted by Crippen LogP contribution is 2.35. The Kier molecular flexibility index (Phi) is 2.89. The summed E-state index contributed by atoms with van der Waals surface area (Å²) in [5.41, 5.74) is 0.655. The molecular weight excluding hydrogens is 230 g/mol. The van der Waals surface area contributed by atoms with Crippen molar-refractivity contribution in [2.24, 2.45) is 0 Å². The lowest BCUT2D eigenvalue weighted by Gasteiger charge is -2.22. The van der Waals surface area contributed by atoms with Gasteiger partial charge in [0, 0.05) is 25.2 Å². The lowest BCUT2D eigenvalue weighted by molar-refractivity contribution is 0.0983. The monoisotopic (exact) mass is 247 g/mol. The second-order valence-corrected chi connectivity index (χ2v) is 4.77. The number of hydrogen-bond acceptors (Lipinski definition) is 5. The van der Waals surface area contributed by atoms with Crippen LogP contribution in [0.5, 0.6) is 6.01 Å². The summed E-state index contributed by atoms with van der Waals surface area (Å²) in [5, 5.41) is 0. The lowest BCUT2D eigenvalue weighted by Crippen LogP contribution is -2.27. The molecule has 0 unspecified atom stereocenters. The molecule has 3 rings (SSSR count). The molecule has 2 heterocycles. The van der Waals surface area contributed by atoms with Crippen molar-refractivity contribution >= 4 is 11.6 Å². The van der Waals surface area contributed by atoms with Gasteiger partial charge in [0.15, 0.2) is 5.78 Å². The van der Waals surface area contributed by atoms with Gasteiger partial charge in [-0.2, -0.15) is 4.98 Å². The van der Waals surface area contributed by atoms with E-state index >= 15 is 0 Å². The number of ether oxygens (including phenoxy) is 1. The summed E-state index contributed by atoms with van der Waals surface area (Å²) in [6.07, 6.45) is 5.50.